The third-order valence-corrected chi connectivity index (χ3v) is 9.76. The first-order valence-electron chi connectivity index (χ1n) is 23.5. The van der Waals surface area contributed by atoms with Crippen LogP contribution >= 0.6 is 0 Å². The van der Waals surface area contributed by atoms with E-state index < -0.39 is 6.10 Å². The van der Waals surface area contributed by atoms with Gasteiger partial charge in [0, 0.05) is 19.3 Å². The van der Waals surface area contributed by atoms with Gasteiger partial charge in [-0.3, -0.25) is 14.4 Å². The van der Waals surface area contributed by atoms with Gasteiger partial charge >= 0.3 is 17.9 Å². The van der Waals surface area contributed by atoms with E-state index in [0.29, 0.717) is 25.7 Å². The summed E-state index contributed by atoms with van der Waals surface area (Å²) in [5.41, 5.74) is 0. The Kier molecular flexibility index (Phi) is 43.0. The molecule has 0 fully saturated rings. The highest BCUT2D eigenvalue weighted by Crippen LogP contribution is 2.13. The SMILES string of the molecule is CC\C=C/C=C\C=C/C=C\CCCCCC(=O)OC(COC(=O)CCC/C=C\CCCCCC)COC(=O)CCCCCCCCC/C=C\CCCCCCCC. The summed E-state index contributed by atoms with van der Waals surface area (Å²) < 4.78 is 16.6. The molecule has 0 N–H and O–H groups in total. The number of rotatable bonds is 41. The molecule has 1 unspecified atom stereocenters. The summed E-state index contributed by atoms with van der Waals surface area (Å²) in [7, 11) is 0. The molecule has 0 heterocycles. The van der Waals surface area contributed by atoms with E-state index >= 15 is 0 Å². The Bertz CT molecular complexity index is 1100. The molecule has 0 amide bonds. The van der Waals surface area contributed by atoms with Crippen molar-refractivity contribution < 1.29 is 28.6 Å². The van der Waals surface area contributed by atoms with Crippen molar-refractivity contribution in [3.63, 3.8) is 0 Å². The number of esters is 3. The number of unbranched alkanes of at least 4 members (excludes halogenated alkanes) is 21. The van der Waals surface area contributed by atoms with Crippen LogP contribution < -0.4 is 0 Å². The Hall–Kier alpha value is -3.15. The predicted molar refractivity (Wildman–Crippen MR) is 242 cm³/mol. The van der Waals surface area contributed by atoms with E-state index in [-0.39, 0.29) is 37.5 Å². The van der Waals surface area contributed by atoms with Gasteiger partial charge in [0.2, 0.25) is 0 Å². The minimum atomic E-state index is -0.806. The lowest BCUT2D eigenvalue weighted by Crippen LogP contribution is -2.30. The number of hydrogen-bond acceptors (Lipinski definition) is 6. The van der Waals surface area contributed by atoms with E-state index in [1.807, 2.05) is 36.5 Å². The average molecular weight is 795 g/mol. The molecular formula is C51H86O6. The van der Waals surface area contributed by atoms with Crippen molar-refractivity contribution in [1.29, 1.82) is 0 Å². The lowest BCUT2D eigenvalue weighted by molar-refractivity contribution is -0.167. The maximum absolute atomic E-state index is 12.7. The lowest BCUT2D eigenvalue weighted by Gasteiger charge is -2.18. The van der Waals surface area contributed by atoms with Crippen molar-refractivity contribution in [3.8, 4) is 0 Å². The van der Waals surface area contributed by atoms with Crippen molar-refractivity contribution in [2.24, 2.45) is 0 Å². The summed E-state index contributed by atoms with van der Waals surface area (Å²) in [4.78, 5) is 37.7. The zero-order valence-electron chi connectivity index (χ0n) is 37.1. The van der Waals surface area contributed by atoms with Gasteiger partial charge in [-0.2, -0.15) is 0 Å². The molecule has 0 aromatic heterocycles. The second kappa shape index (κ2) is 45.6. The van der Waals surface area contributed by atoms with Gasteiger partial charge in [-0.25, -0.2) is 0 Å². The topological polar surface area (TPSA) is 78.9 Å². The summed E-state index contributed by atoms with van der Waals surface area (Å²) >= 11 is 0. The van der Waals surface area contributed by atoms with Gasteiger partial charge in [0.25, 0.3) is 0 Å². The molecule has 6 heteroatoms. The van der Waals surface area contributed by atoms with Crippen LogP contribution in [-0.4, -0.2) is 37.2 Å². The molecule has 0 saturated carbocycles. The fourth-order valence-electron chi connectivity index (χ4n) is 6.21. The van der Waals surface area contributed by atoms with Gasteiger partial charge in [-0.1, -0.05) is 184 Å². The van der Waals surface area contributed by atoms with Crippen molar-refractivity contribution in [2.45, 2.75) is 219 Å². The maximum atomic E-state index is 12.7. The number of carbonyl (C=O) groups is 3. The zero-order chi connectivity index (χ0) is 41.5. The van der Waals surface area contributed by atoms with Crippen LogP contribution in [0.1, 0.15) is 213 Å². The molecule has 326 valence electrons. The molecule has 6 nitrogen and oxygen atoms in total. The molecule has 57 heavy (non-hydrogen) atoms. The molecular weight excluding hydrogens is 709 g/mol. The van der Waals surface area contributed by atoms with Crippen LogP contribution in [0.2, 0.25) is 0 Å². The minimum Gasteiger partial charge on any atom is -0.462 e. The predicted octanol–water partition coefficient (Wildman–Crippen LogP) is 15.1. The quantitative estimate of drug-likeness (QED) is 0.0202. The van der Waals surface area contributed by atoms with Crippen LogP contribution in [0.15, 0.2) is 72.9 Å². The Morgan fingerprint density at radius 1 is 0.368 bits per heavy atom. The van der Waals surface area contributed by atoms with Crippen LogP contribution in [0.3, 0.4) is 0 Å². The molecule has 0 bridgehead atoms. The molecule has 0 rings (SSSR count). The second-order valence-electron chi connectivity index (χ2n) is 15.4. The van der Waals surface area contributed by atoms with Gasteiger partial charge < -0.3 is 14.2 Å². The minimum absolute atomic E-state index is 0.103. The normalized spacial score (nSPS) is 12.7. The lowest BCUT2D eigenvalue weighted by atomic mass is 10.1. The zero-order valence-corrected chi connectivity index (χ0v) is 37.1. The van der Waals surface area contributed by atoms with E-state index in [4.69, 9.17) is 14.2 Å². The van der Waals surface area contributed by atoms with E-state index in [1.165, 1.54) is 103 Å². The smallest absolute Gasteiger partial charge is 0.306 e. The third-order valence-electron chi connectivity index (χ3n) is 9.76. The molecule has 0 aromatic rings. The van der Waals surface area contributed by atoms with Crippen LogP contribution in [0, 0.1) is 0 Å². The first kappa shape index (κ1) is 53.9. The average Bonchev–Trinajstić information content (AvgIpc) is 3.21. The Balaban J connectivity index is 4.41. The van der Waals surface area contributed by atoms with E-state index in [0.717, 1.165) is 57.8 Å². The Morgan fingerprint density at radius 2 is 0.719 bits per heavy atom. The van der Waals surface area contributed by atoms with Crippen molar-refractivity contribution in [3.05, 3.63) is 72.9 Å². The van der Waals surface area contributed by atoms with E-state index in [1.54, 1.807) is 0 Å². The first-order chi connectivity index (χ1) is 28.0. The number of allylic oxidation sites excluding steroid dienone is 12. The summed E-state index contributed by atoms with van der Waals surface area (Å²) in [5, 5.41) is 0. The molecule has 0 aliphatic rings. The molecule has 1 atom stereocenters. The van der Waals surface area contributed by atoms with Crippen LogP contribution in [-0.2, 0) is 28.6 Å². The standard InChI is InChI=1S/C51H86O6/c1-4-7-10-13-16-19-21-23-24-25-26-28-29-32-35-38-41-44-50(53)56-47-48(46-55-49(52)43-40-37-34-31-18-15-12-9-6-3)57-51(54)45-42-39-36-33-30-27-22-20-17-14-11-8-5-2/h8,11,14,17,20,22-24,27,30-31,34,48H,4-7,9-10,12-13,15-16,18-19,21,25-26,28-29,32-33,35-47H2,1-3H3/b11-8-,17-14-,22-20-,24-23-,30-27-,34-31-. The number of hydrogen-bond donors (Lipinski definition) is 0. The van der Waals surface area contributed by atoms with E-state index in [2.05, 4.69) is 57.2 Å². The molecule has 0 radical (unpaired) electrons. The monoisotopic (exact) mass is 795 g/mol. The van der Waals surface area contributed by atoms with Crippen molar-refractivity contribution in [2.75, 3.05) is 13.2 Å². The highest BCUT2D eigenvalue weighted by atomic mass is 16.6. The fourth-order valence-corrected chi connectivity index (χ4v) is 6.21. The van der Waals surface area contributed by atoms with Crippen LogP contribution in [0.25, 0.3) is 0 Å². The van der Waals surface area contributed by atoms with Crippen LogP contribution in [0.5, 0.6) is 0 Å². The summed E-state index contributed by atoms with van der Waals surface area (Å²) in [6, 6.07) is 0. The molecule has 0 spiro atoms. The van der Waals surface area contributed by atoms with Crippen LogP contribution in [0.4, 0.5) is 0 Å². The van der Waals surface area contributed by atoms with E-state index in [9.17, 15) is 14.4 Å². The summed E-state index contributed by atoms with van der Waals surface area (Å²) in [6.45, 7) is 6.38. The van der Waals surface area contributed by atoms with Gasteiger partial charge in [0.15, 0.2) is 6.10 Å². The number of ether oxygens (including phenoxy) is 3. The molecule has 0 aliphatic carbocycles. The number of carbonyl (C=O) groups excluding carboxylic acids is 3. The van der Waals surface area contributed by atoms with Gasteiger partial charge in [-0.05, 0) is 83.5 Å². The molecule has 0 aromatic carbocycles. The van der Waals surface area contributed by atoms with Crippen molar-refractivity contribution in [1.82, 2.24) is 0 Å². The van der Waals surface area contributed by atoms with Gasteiger partial charge in [-0.15, -0.1) is 0 Å². The fraction of sp³-hybridized carbons (Fsp3) is 0.706. The second-order valence-corrected chi connectivity index (χ2v) is 15.4. The molecule has 0 saturated heterocycles. The Labute approximate surface area is 351 Å². The summed E-state index contributed by atoms with van der Waals surface area (Å²) in [5.74, 6) is -0.988. The van der Waals surface area contributed by atoms with Gasteiger partial charge in [0.05, 0.1) is 0 Å². The third kappa shape index (κ3) is 43.8. The summed E-state index contributed by atoms with van der Waals surface area (Å²) in [6.07, 6.45) is 56.1. The van der Waals surface area contributed by atoms with Crippen molar-refractivity contribution >= 4 is 17.9 Å². The highest BCUT2D eigenvalue weighted by Gasteiger charge is 2.19. The Morgan fingerprint density at radius 3 is 1.23 bits per heavy atom. The molecule has 0 aliphatic heterocycles. The largest absolute Gasteiger partial charge is 0.462 e. The first-order valence-corrected chi connectivity index (χ1v) is 23.5. The maximum Gasteiger partial charge on any atom is 0.306 e. The highest BCUT2D eigenvalue weighted by molar-refractivity contribution is 5.71. The van der Waals surface area contributed by atoms with Gasteiger partial charge in [0.1, 0.15) is 13.2 Å².